The topological polar surface area (TPSA) is 90.4 Å². The SMILES string of the molecule is Cc1cccc(Cl)c1-c1noc(C)c1CNCCOc1ccc(C(F)(F)F)cc1[N+](=O)[O-]. The largest absolute Gasteiger partial charge is 0.485 e. The molecule has 0 aliphatic carbocycles. The monoisotopic (exact) mass is 469 g/mol. The van der Waals surface area contributed by atoms with Gasteiger partial charge in [0.15, 0.2) is 5.75 Å². The lowest BCUT2D eigenvalue weighted by molar-refractivity contribution is -0.386. The molecule has 0 saturated heterocycles. The summed E-state index contributed by atoms with van der Waals surface area (Å²) < 4.78 is 49.0. The van der Waals surface area contributed by atoms with Crippen molar-refractivity contribution in [3.05, 3.63) is 74.0 Å². The van der Waals surface area contributed by atoms with Crippen LogP contribution in [0.3, 0.4) is 0 Å². The van der Waals surface area contributed by atoms with Crippen LogP contribution in [0.15, 0.2) is 40.9 Å². The third kappa shape index (κ3) is 5.20. The van der Waals surface area contributed by atoms with Gasteiger partial charge in [0.25, 0.3) is 0 Å². The number of ether oxygens (including phenoxy) is 1. The van der Waals surface area contributed by atoms with E-state index in [4.69, 9.17) is 20.9 Å². The van der Waals surface area contributed by atoms with E-state index in [1.54, 1.807) is 13.0 Å². The van der Waals surface area contributed by atoms with Crippen molar-refractivity contribution in [1.29, 1.82) is 0 Å². The summed E-state index contributed by atoms with van der Waals surface area (Å²) in [4.78, 5) is 10.2. The Morgan fingerprint density at radius 3 is 2.66 bits per heavy atom. The molecular weight excluding hydrogens is 451 g/mol. The minimum Gasteiger partial charge on any atom is -0.485 e. The number of halogens is 4. The molecule has 3 rings (SSSR count). The second-order valence-corrected chi connectivity index (χ2v) is 7.37. The summed E-state index contributed by atoms with van der Waals surface area (Å²) in [6.07, 6.45) is -4.68. The first-order chi connectivity index (χ1) is 15.1. The molecule has 0 amide bonds. The molecule has 0 unspecified atom stereocenters. The van der Waals surface area contributed by atoms with E-state index in [9.17, 15) is 23.3 Å². The van der Waals surface area contributed by atoms with Crippen LogP contribution < -0.4 is 10.1 Å². The Morgan fingerprint density at radius 2 is 2.00 bits per heavy atom. The smallest absolute Gasteiger partial charge is 0.416 e. The van der Waals surface area contributed by atoms with Gasteiger partial charge in [-0.3, -0.25) is 10.1 Å². The molecule has 7 nitrogen and oxygen atoms in total. The lowest BCUT2D eigenvalue weighted by Gasteiger charge is -2.11. The van der Waals surface area contributed by atoms with Crippen molar-refractivity contribution in [1.82, 2.24) is 10.5 Å². The number of nitro benzene ring substituents is 1. The fraction of sp³-hybridized carbons (Fsp3) is 0.286. The zero-order valence-corrected chi connectivity index (χ0v) is 17.9. The Balaban J connectivity index is 1.64. The molecule has 0 radical (unpaired) electrons. The molecule has 0 fully saturated rings. The number of nitrogens with one attached hydrogen (secondary N) is 1. The zero-order chi connectivity index (χ0) is 23.5. The lowest BCUT2D eigenvalue weighted by atomic mass is 10.0. The summed E-state index contributed by atoms with van der Waals surface area (Å²) in [5.41, 5.74) is 1.25. The van der Waals surface area contributed by atoms with Gasteiger partial charge in [-0.05, 0) is 37.6 Å². The standard InChI is InChI=1S/C21H19ClF3N3O4/c1-12-4-3-5-16(22)19(12)20-15(13(2)32-27-20)11-26-8-9-31-18-7-6-14(21(23,24)25)10-17(18)28(29)30/h3-7,10,26H,8-9,11H2,1-2H3. The van der Waals surface area contributed by atoms with Gasteiger partial charge in [-0.2, -0.15) is 13.2 Å². The summed E-state index contributed by atoms with van der Waals surface area (Å²) in [7, 11) is 0. The average molecular weight is 470 g/mol. The molecule has 1 N–H and O–H groups in total. The normalized spacial score (nSPS) is 11.6. The van der Waals surface area contributed by atoms with Crippen LogP contribution in [0.4, 0.5) is 18.9 Å². The Kier molecular flexibility index (Phi) is 7.05. The summed E-state index contributed by atoms with van der Waals surface area (Å²) in [5.74, 6) is 0.365. The minimum absolute atomic E-state index is 0.00299. The highest BCUT2D eigenvalue weighted by Crippen LogP contribution is 2.36. The van der Waals surface area contributed by atoms with Crippen molar-refractivity contribution in [2.24, 2.45) is 0 Å². The molecular formula is C21H19ClF3N3O4. The fourth-order valence-electron chi connectivity index (χ4n) is 3.13. The second kappa shape index (κ2) is 9.58. The number of hydrogen-bond acceptors (Lipinski definition) is 6. The number of nitro groups is 1. The Hall–Kier alpha value is -3.11. The first-order valence-corrected chi connectivity index (χ1v) is 9.87. The number of nitrogens with zero attached hydrogens (tertiary/aromatic N) is 2. The molecule has 1 aromatic heterocycles. The maximum Gasteiger partial charge on any atom is 0.416 e. The molecule has 0 atom stereocenters. The molecule has 32 heavy (non-hydrogen) atoms. The van der Waals surface area contributed by atoms with E-state index in [0.717, 1.165) is 28.8 Å². The highest BCUT2D eigenvalue weighted by Gasteiger charge is 2.33. The van der Waals surface area contributed by atoms with Gasteiger partial charge in [0.1, 0.15) is 18.1 Å². The van der Waals surface area contributed by atoms with Crippen LogP contribution in [0.5, 0.6) is 5.75 Å². The van der Waals surface area contributed by atoms with Gasteiger partial charge in [0.2, 0.25) is 0 Å². The van der Waals surface area contributed by atoms with E-state index in [-0.39, 0.29) is 18.9 Å². The van der Waals surface area contributed by atoms with Crippen molar-refractivity contribution in [3.8, 4) is 17.0 Å². The quantitative estimate of drug-likeness (QED) is 0.258. The number of alkyl halides is 3. The summed E-state index contributed by atoms with van der Waals surface area (Å²) in [6.45, 7) is 4.30. The van der Waals surface area contributed by atoms with E-state index in [1.165, 1.54) is 0 Å². The number of rotatable bonds is 8. The molecule has 170 valence electrons. The predicted molar refractivity (Wildman–Crippen MR) is 112 cm³/mol. The third-order valence-electron chi connectivity index (χ3n) is 4.76. The van der Waals surface area contributed by atoms with Gasteiger partial charge in [-0.1, -0.05) is 28.9 Å². The van der Waals surface area contributed by atoms with E-state index in [0.29, 0.717) is 29.1 Å². The minimum atomic E-state index is -4.68. The maximum atomic E-state index is 12.8. The van der Waals surface area contributed by atoms with Gasteiger partial charge >= 0.3 is 11.9 Å². The molecule has 0 aliphatic heterocycles. The van der Waals surface area contributed by atoms with Crippen molar-refractivity contribution in [2.75, 3.05) is 13.2 Å². The number of aromatic nitrogens is 1. The Bertz CT molecular complexity index is 1110. The first-order valence-electron chi connectivity index (χ1n) is 9.49. The zero-order valence-electron chi connectivity index (χ0n) is 17.1. The Morgan fingerprint density at radius 1 is 1.25 bits per heavy atom. The van der Waals surface area contributed by atoms with Crippen molar-refractivity contribution < 1.29 is 27.4 Å². The van der Waals surface area contributed by atoms with Crippen molar-refractivity contribution in [2.45, 2.75) is 26.6 Å². The molecule has 0 bridgehead atoms. The van der Waals surface area contributed by atoms with Crippen LogP contribution in [0.1, 0.15) is 22.5 Å². The number of aryl methyl sites for hydroxylation is 2. The van der Waals surface area contributed by atoms with Crippen molar-refractivity contribution >= 4 is 17.3 Å². The first kappa shape index (κ1) is 23.6. The summed E-state index contributed by atoms with van der Waals surface area (Å²) in [5, 5.41) is 18.9. The van der Waals surface area contributed by atoms with Crippen LogP contribution in [-0.2, 0) is 12.7 Å². The second-order valence-electron chi connectivity index (χ2n) is 6.96. The van der Waals surface area contributed by atoms with E-state index in [2.05, 4.69) is 10.5 Å². The molecule has 11 heteroatoms. The van der Waals surface area contributed by atoms with Crippen LogP contribution >= 0.6 is 11.6 Å². The van der Waals surface area contributed by atoms with Gasteiger partial charge in [-0.25, -0.2) is 0 Å². The number of benzene rings is 2. The lowest BCUT2D eigenvalue weighted by Crippen LogP contribution is -2.21. The molecule has 0 saturated carbocycles. The fourth-order valence-corrected chi connectivity index (χ4v) is 3.44. The van der Waals surface area contributed by atoms with Crippen LogP contribution in [0, 0.1) is 24.0 Å². The van der Waals surface area contributed by atoms with Crippen molar-refractivity contribution in [3.63, 3.8) is 0 Å². The van der Waals surface area contributed by atoms with Crippen LogP contribution in [-0.4, -0.2) is 23.2 Å². The highest BCUT2D eigenvalue weighted by atomic mass is 35.5. The maximum absolute atomic E-state index is 12.8. The van der Waals surface area contributed by atoms with E-state index < -0.39 is 22.4 Å². The summed E-state index contributed by atoms with van der Waals surface area (Å²) in [6, 6.07) is 7.66. The van der Waals surface area contributed by atoms with Crippen LogP contribution in [0.2, 0.25) is 5.02 Å². The predicted octanol–water partition coefficient (Wildman–Crippen LogP) is 5.71. The van der Waals surface area contributed by atoms with Crippen LogP contribution in [0.25, 0.3) is 11.3 Å². The van der Waals surface area contributed by atoms with E-state index in [1.807, 2.05) is 19.1 Å². The van der Waals surface area contributed by atoms with Gasteiger partial charge in [0, 0.05) is 30.3 Å². The molecule has 2 aromatic carbocycles. The molecule has 3 aromatic rings. The average Bonchev–Trinajstić information content (AvgIpc) is 3.07. The number of hydrogen-bond donors (Lipinski definition) is 1. The van der Waals surface area contributed by atoms with Gasteiger partial charge in [-0.15, -0.1) is 0 Å². The third-order valence-corrected chi connectivity index (χ3v) is 5.08. The molecule has 0 spiro atoms. The molecule has 0 aliphatic rings. The Labute approximate surface area is 186 Å². The highest BCUT2D eigenvalue weighted by molar-refractivity contribution is 6.33. The molecule has 1 heterocycles. The van der Waals surface area contributed by atoms with E-state index >= 15 is 0 Å². The summed E-state index contributed by atoms with van der Waals surface area (Å²) >= 11 is 6.33. The van der Waals surface area contributed by atoms with Gasteiger partial charge in [0.05, 0.1) is 15.5 Å². The van der Waals surface area contributed by atoms with Gasteiger partial charge < -0.3 is 14.6 Å².